The first-order chi connectivity index (χ1) is 15.1. The fraction of sp³-hybridized carbons (Fsp3) is 0.0909. The van der Waals surface area contributed by atoms with Gasteiger partial charge in [0.05, 0.1) is 16.7 Å². The molecule has 5 rings (SSSR count). The van der Waals surface area contributed by atoms with Gasteiger partial charge in [0.15, 0.2) is 0 Å². The molecule has 0 radical (unpaired) electrons. The number of carbonyl (C=O) groups is 1. The van der Waals surface area contributed by atoms with Crippen LogP contribution in [0.2, 0.25) is 0 Å². The standard InChI is InChI=1S/C22H19N7O2/c23-21-15-11-13(6-8-24-22(31)17-2-1-3-19(30)27-17)26-20(15)14-5-4-12(10-18(14)28-21)16-7-9-25-29-16/h1-5,7,9-11,26H,6,8H2,(H2,23,28)(H,24,31)(H,25,29)(H,27,30). The third kappa shape index (κ3) is 3.52. The molecule has 9 heteroatoms. The van der Waals surface area contributed by atoms with E-state index in [1.165, 1.54) is 6.07 Å². The van der Waals surface area contributed by atoms with Crippen LogP contribution in [0, 0.1) is 0 Å². The van der Waals surface area contributed by atoms with E-state index < -0.39 is 0 Å². The molecule has 0 spiro atoms. The summed E-state index contributed by atoms with van der Waals surface area (Å²) in [6.45, 7) is 0.400. The number of nitrogens with two attached hydrogens (primary N) is 1. The number of anilines is 1. The highest BCUT2D eigenvalue weighted by Gasteiger charge is 2.13. The number of aromatic hydroxyl groups is 1. The Morgan fingerprint density at radius 3 is 2.81 bits per heavy atom. The second kappa shape index (κ2) is 7.45. The smallest absolute Gasteiger partial charge is 0.270 e. The van der Waals surface area contributed by atoms with Crippen LogP contribution in [0.3, 0.4) is 0 Å². The van der Waals surface area contributed by atoms with Gasteiger partial charge in [-0.1, -0.05) is 18.2 Å². The number of hydrogen-bond donors (Lipinski definition) is 5. The van der Waals surface area contributed by atoms with E-state index in [4.69, 9.17) is 5.73 Å². The summed E-state index contributed by atoms with van der Waals surface area (Å²) in [4.78, 5) is 24.0. The molecule has 9 nitrogen and oxygen atoms in total. The maximum absolute atomic E-state index is 12.2. The van der Waals surface area contributed by atoms with Gasteiger partial charge in [0, 0.05) is 47.3 Å². The van der Waals surface area contributed by atoms with Crippen LogP contribution in [0.25, 0.3) is 33.1 Å². The number of hydrogen-bond acceptors (Lipinski definition) is 6. The van der Waals surface area contributed by atoms with E-state index in [0.29, 0.717) is 18.8 Å². The average Bonchev–Trinajstić information content (AvgIpc) is 3.44. The van der Waals surface area contributed by atoms with Gasteiger partial charge in [0.1, 0.15) is 11.5 Å². The second-order valence-electron chi connectivity index (χ2n) is 7.16. The molecule has 0 atom stereocenters. The van der Waals surface area contributed by atoms with Gasteiger partial charge in [-0.2, -0.15) is 5.10 Å². The number of H-pyrrole nitrogens is 2. The molecular weight excluding hydrogens is 394 g/mol. The Balaban J connectivity index is 1.38. The van der Waals surface area contributed by atoms with Crippen LogP contribution in [0.1, 0.15) is 16.2 Å². The number of carbonyl (C=O) groups excluding carboxylic acids is 1. The highest BCUT2D eigenvalue weighted by molar-refractivity contribution is 6.08. The molecule has 0 aliphatic heterocycles. The fourth-order valence-electron chi connectivity index (χ4n) is 3.62. The first-order valence-electron chi connectivity index (χ1n) is 9.74. The fourth-order valence-corrected chi connectivity index (χ4v) is 3.62. The first kappa shape index (κ1) is 18.6. The Bertz CT molecular complexity index is 1410. The number of rotatable bonds is 5. The minimum absolute atomic E-state index is 0.170. The summed E-state index contributed by atoms with van der Waals surface area (Å²) < 4.78 is 0. The summed E-state index contributed by atoms with van der Waals surface area (Å²) in [6.07, 6.45) is 2.35. The summed E-state index contributed by atoms with van der Waals surface area (Å²) in [5.41, 5.74) is 10.8. The summed E-state index contributed by atoms with van der Waals surface area (Å²) >= 11 is 0. The SMILES string of the molecule is Nc1nc2cc(-c3cc[nH]n3)ccc2c2[nH]c(CCNC(=O)c3cccc(O)n3)cc12. The van der Waals surface area contributed by atoms with Crippen LogP contribution in [0.4, 0.5) is 5.82 Å². The van der Waals surface area contributed by atoms with Crippen LogP contribution in [-0.4, -0.2) is 42.7 Å². The minimum Gasteiger partial charge on any atom is -0.493 e. The summed E-state index contributed by atoms with van der Waals surface area (Å²) in [5.74, 6) is -0.0877. The van der Waals surface area contributed by atoms with E-state index in [1.54, 1.807) is 18.3 Å². The van der Waals surface area contributed by atoms with Crippen molar-refractivity contribution >= 4 is 33.5 Å². The molecule has 31 heavy (non-hydrogen) atoms. The Kier molecular flexibility index (Phi) is 4.47. The van der Waals surface area contributed by atoms with Crippen molar-refractivity contribution in [1.29, 1.82) is 0 Å². The van der Waals surface area contributed by atoms with Crippen molar-refractivity contribution in [3.63, 3.8) is 0 Å². The lowest BCUT2D eigenvalue weighted by Crippen LogP contribution is -2.26. The van der Waals surface area contributed by atoms with Crippen LogP contribution in [0.5, 0.6) is 5.88 Å². The first-order valence-corrected chi connectivity index (χ1v) is 9.74. The molecular formula is C22H19N7O2. The predicted octanol–water partition coefficient (Wildman–Crippen LogP) is 2.76. The van der Waals surface area contributed by atoms with Crippen LogP contribution < -0.4 is 11.1 Å². The second-order valence-corrected chi connectivity index (χ2v) is 7.16. The largest absolute Gasteiger partial charge is 0.493 e. The van der Waals surface area contributed by atoms with Gasteiger partial charge in [-0.05, 0) is 24.3 Å². The van der Waals surface area contributed by atoms with Crippen LogP contribution >= 0.6 is 0 Å². The van der Waals surface area contributed by atoms with E-state index >= 15 is 0 Å². The normalized spacial score (nSPS) is 11.2. The molecule has 154 valence electrons. The number of benzene rings is 1. The van der Waals surface area contributed by atoms with E-state index in [0.717, 1.165) is 38.8 Å². The van der Waals surface area contributed by atoms with E-state index in [2.05, 4.69) is 30.5 Å². The zero-order valence-corrected chi connectivity index (χ0v) is 16.4. The molecule has 1 amide bonds. The molecule has 4 heterocycles. The molecule has 0 bridgehead atoms. The molecule has 0 unspecified atom stereocenters. The van der Waals surface area contributed by atoms with E-state index in [-0.39, 0.29) is 17.5 Å². The molecule has 5 aromatic rings. The van der Waals surface area contributed by atoms with Gasteiger partial charge in [-0.25, -0.2) is 9.97 Å². The number of amides is 1. The molecule has 0 aliphatic carbocycles. The van der Waals surface area contributed by atoms with Crippen molar-refractivity contribution in [2.24, 2.45) is 0 Å². The van der Waals surface area contributed by atoms with Crippen molar-refractivity contribution in [2.75, 3.05) is 12.3 Å². The molecule has 6 N–H and O–H groups in total. The number of aromatic amines is 2. The maximum atomic E-state index is 12.2. The maximum Gasteiger partial charge on any atom is 0.270 e. The quantitative estimate of drug-likeness (QED) is 0.299. The number of pyridine rings is 2. The average molecular weight is 413 g/mol. The molecule has 0 fully saturated rings. The van der Waals surface area contributed by atoms with Gasteiger partial charge in [0.2, 0.25) is 5.88 Å². The van der Waals surface area contributed by atoms with Gasteiger partial charge in [-0.3, -0.25) is 9.89 Å². The molecule has 0 saturated carbocycles. The van der Waals surface area contributed by atoms with Crippen molar-refractivity contribution in [2.45, 2.75) is 6.42 Å². The number of nitrogens with zero attached hydrogens (tertiary/aromatic N) is 3. The topological polar surface area (TPSA) is 146 Å². The molecule has 1 aromatic carbocycles. The van der Waals surface area contributed by atoms with Gasteiger partial charge >= 0.3 is 0 Å². The predicted molar refractivity (Wildman–Crippen MR) is 118 cm³/mol. The van der Waals surface area contributed by atoms with Crippen LogP contribution in [-0.2, 0) is 6.42 Å². The van der Waals surface area contributed by atoms with E-state index in [1.807, 2.05) is 30.3 Å². The zero-order chi connectivity index (χ0) is 21.4. The monoisotopic (exact) mass is 413 g/mol. The summed E-state index contributed by atoms with van der Waals surface area (Å²) in [6, 6.07) is 14.4. The molecule has 0 aliphatic rings. The highest BCUT2D eigenvalue weighted by atomic mass is 16.3. The molecule has 4 aromatic heterocycles. The lowest BCUT2D eigenvalue weighted by atomic mass is 10.1. The number of aromatic nitrogens is 5. The Morgan fingerprint density at radius 1 is 1.10 bits per heavy atom. The van der Waals surface area contributed by atoms with E-state index in [9.17, 15) is 9.90 Å². The van der Waals surface area contributed by atoms with Crippen molar-refractivity contribution < 1.29 is 9.90 Å². The van der Waals surface area contributed by atoms with Crippen molar-refractivity contribution in [1.82, 2.24) is 30.5 Å². The Labute approximate surface area is 176 Å². The van der Waals surface area contributed by atoms with Gasteiger partial charge < -0.3 is 21.1 Å². The zero-order valence-electron chi connectivity index (χ0n) is 16.4. The van der Waals surface area contributed by atoms with Crippen molar-refractivity contribution in [3.8, 4) is 17.1 Å². The summed E-state index contributed by atoms with van der Waals surface area (Å²) in [7, 11) is 0. The number of nitrogen functional groups attached to an aromatic ring is 1. The third-order valence-corrected chi connectivity index (χ3v) is 5.10. The number of fused-ring (bicyclic) bond motifs is 3. The number of nitrogens with one attached hydrogen (secondary N) is 3. The van der Waals surface area contributed by atoms with Crippen LogP contribution in [0.15, 0.2) is 54.7 Å². The lowest BCUT2D eigenvalue weighted by Gasteiger charge is -2.05. The van der Waals surface area contributed by atoms with Crippen molar-refractivity contribution in [3.05, 3.63) is 66.1 Å². The molecule has 0 saturated heterocycles. The third-order valence-electron chi connectivity index (χ3n) is 5.10. The Morgan fingerprint density at radius 2 is 2.00 bits per heavy atom. The highest BCUT2D eigenvalue weighted by Crippen LogP contribution is 2.30. The Hall–Kier alpha value is -4.40. The van der Waals surface area contributed by atoms with Gasteiger partial charge in [-0.15, -0.1) is 0 Å². The minimum atomic E-state index is -0.343. The van der Waals surface area contributed by atoms with Gasteiger partial charge in [0.25, 0.3) is 5.91 Å². The lowest BCUT2D eigenvalue weighted by molar-refractivity contribution is 0.0948. The summed E-state index contributed by atoms with van der Waals surface area (Å²) in [5, 5.41) is 21.0.